The SMILES string of the molecule is CCNC(Cc1cccs1)C(C)OC. The zero-order valence-electron chi connectivity index (χ0n) is 9.12. The van der Waals surface area contributed by atoms with Crippen LogP contribution in [0.5, 0.6) is 0 Å². The zero-order valence-corrected chi connectivity index (χ0v) is 9.93. The Hall–Kier alpha value is -0.380. The monoisotopic (exact) mass is 213 g/mol. The van der Waals surface area contributed by atoms with E-state index in [2.05, 4.69) is 36.7 Å². The van der Waals surface area contributed by atoms with Crippen molar-refractivity contribution < 1.29 is 4.74 Å². The van der Waals surface area contributed by atoms with Crippen LogP contribution in [0.25, 0.3) is 0 Å². The Labute approximate surface area is 90.3 Å². The molecule has 0 spiro atoms. The lowest BCUT2D eigenvalue weighted by Crippen LogP contribution is -2.40. The highest BCUT2D eigenvalue weighted by atomic mass is 32.1. The van der Waals surface area contributed by atoms with E-state index in [0.717, 1.165) is 13.0 Å². The fourth-order valence-electron chi connectivity index (χ4n) is 1.48. The van der Waals surface area contributed by atoms with Crippen molar-refractivity contribution in [2.24, 2.45) is 0 Å². The van der Waals surface area contributed by atoms with Crippen LogP contribution in [0.15, 0.2) is 17.5 Å². The molecule has 0 bridgehead atoms. The van der Waals surface area contributed by atoms with E-state index in [1.54, 1.807) is 7.11 Å². The summed E-state index contributed by atoms with van der Waals surface area (Å²) in [6.45, 7) is 5.23. The first kappa shape index (κ1) is 11.7. The largest absolute Gasteiger partial charge is 0.380 e. The minimum absolute atomic E-state index is 0.261. The van der Waals surface area contributed by atoms with E-state index in [4.69, 9.17) is 4.74 Å². The number of methoxy groups -OCH3 is 1. The predicted molar refractivity (Wildman–Crippen MR) is 62.0 cm³/mol. The molecule has 3 heteroatoms. The maximum absolute atomic E-state index is 5.36. The van der Waals surface area contributed by atoms with Crippen molar-refractivity contribution in [2.75, 3.05) is 13.7 Å². The average molecular weight is 213 g/mol. The summed E-state index contributed by atoms with van der Waals surface area (Å²) in [5, 5.41) is 5.57. The quantitative estimate of drug-likeness (QED) is 0.783. The number of hydrogen-bond acceptors (Lipinski definition) is 3. The van der Waals surface area contributed by atoms with Crippen LogP contribution in [0, 0.1) is 0 Å². The van der Waals surface area contributed by atoms with E-state index >= 15 is 0 Å². The van der Waals surface area contributed by atoms with E-state index in [1.165, 1.54) is 4.88 Å². The molecule has 1 aromatic heterocycles. The van der Waals surface area contributed by atoms with Gasteiger partial charge >= 0.3 is 0 Å². The van der Waals surface area contributed by atoms with Crippen molar-refractivity contribution in [1.82, 2.24) is 5.32 Å². The molecule has 80 valence electrons. The summed E-state index contributed by atoms with van der Waals surface area (Å²) >= 11 is 1.81. The van der Waals surface area contributed by atoms with Crippen LogP contribution < -0.4 is 5.32 Å². The van der Waals surface area contributed by atoms with E-state index in [1.807, 2.05) is 11.3 Å². The van der Waals surface area contributed by atoms with Crippen molar-refractivity contribution in [3.05, 3.63) is 22.4 Å². The van der Waals surface area contributed by atoms with Gasteiger partial charge in [-0.3, -0.25) is 0 Å². The third-order valence-corrected chi connectivity index (χ3v) is 3.30. The van der Waals surface area contributed by atoms with Crippen LogP contribution in [0.1, 0.15) is 18.7 Å². The molecule has 0 aliphatic heterocycles. The summed E-state index contributed by atoms with van der Waals surface area (Å²) in [6.07, 6.45) is 1.32. The number of thiophene rings is 1. The van der Waals surface area contributed by atoms with E-state index in [-0.39, 0.29) is 6.10 Å². The normalized spacial score (nSPS) is 15.4. The zero-order chi connectivity index (χ0) is 10.4. The highest BCUT2D eigenvalue weighted by Gasteiger charge is 2.16. The molecule has 0 aliphatic carbocycles. The second-order valence-electron chi connectivity index (χ2n) is 3.39. The van der Waals surface area contributed by atoms with Gasteiger partial charge in [0.05, 0.1) is 6.10 Å². The molecular formula is C11H19NOS. The van der Waals surface area contributed by atoms with Gasteiger partial charge in [0, 0.05) is 18.0 Å². The summed E-state index contributed by atoms with van der Waals surface area (Å²) in [5.41, 5.74) is 0. The summed E-state index contributed by atoms with van der Waals surface area (Å²) in [7, 11) is 1.77. The first-order valence-electron chi connectivity index (χ1n) is 5.06. The molecule has 0 fully saturated rings. The van der Waals surface area contributed by atoms with Crippen LogP contribution in [0.4, 0.5) is 0 Å². The molecule has 0 radical (unpaired) electrons. The highest BCUT2D eigenvalue weighted by Crippen LogP contribution is 2.13. The van der Waals surface area contributed by atoms with Crippen LogP contribution in [0.2, 0.25) is 0 Å². The van der Waals surface area contributed by atoms with Crippen molar-refractivity contribution in [3.63, 3.8) is 0 Å². The van der Waals surface area contributed by atoms with Gasteiger partial charge in [-0.05, 0) is 31.3 Å². The van der Waals surface area contributed by atoms with Gasteiger partial charge in [-0.2, -0.15) is 0 Å². The molecule has 0 saturated carbocycles. The summed E-state index contributed by atoms with van der Waals surface area (Å²) in [6, 6.07) is 4.70. The number of likely N-dealkylation sites (N-methyl/N-ethyl adjacent to an activating group) is 1. The number of ether oxygens (including phenoxy) is 1. The maximum atomic E-state index is 5.36. The van der Waals surface area contributed by atoms with Gasteiger partial charge in [0.25, 0.3) is 0 Å². The van der Waals surface area contributed by atoms with Gasteiger partial charge in [-0.15, -0.1) is 11.3 Å². The Morgan fingerprint density at radius 1 is 1.57 bits per heavy atom. The molecule has 2 nitrogen and oxygen atoms in total. The molecule has 0 aliphatic rings. The van der Waals surface area contributed by atoms with Crippen molar-refractivity contribution in [1.29, 1.82) is 0 Å². The van der Waals surface area contributed by atoms with Gasteiger partial charge in [0.15, 0.2) is 0 Å². The Morgan fingerprint density at radius 2 is 2.36 bits per heavy atom. The maximum Gasteiger partial charge on any atom is 0.0699 e. The minimum atomic E-state index is 0.261. The smallest absolute Gasteiger partial charge is 0.0699 e. The van der Waals surface area contributed by atoms with E-state index < -0.39 is 0 Å². The second kappa shape index (κ2) is 6.17. The van der Waals surface area contributed by atoms with Crippen molar-refractivity contribution in [3.8, 4) is 0 Å². The van der Waals surface area contributed by atoms with Crippen LogP contribution in [-0.4, -0.2) is 25.8 Å². The molecule has 0 aromatic carbocycles. The summed E-state index contributed by atoms with van der Waals surface area (Å²) < 4.78 is 5.36. The van der Waals surface area contributed by atoms with Gasteiger partial charge < -0.3 is 10.1 Å². The first-order chi connectivity index (χ1) is 6.77. The number of hydrogen-bond donors (Lipinski definition) is 1. The molecular weight excluding hydrogens is 194 g/mol. The second-order valence-corrected chi connectivity index (χ2v) is 4.42. The fraction of sp³-hybridized carbons (Fsp3) is 0.636. The Kier molecular flexibility index (Phi) is 5.15. The molecule has 0 saturated heterocycles. The average Bonchev–Trinajstić information content (AvgIpc) is 2.68. The molecule has 1 aromatic rings. The van der Waals surface area contributed by atoms with Crippen LogP contribution >= 0.6 is 11.3 Å². The Balaban J connectivity index is 2.50. The first-order valence-corrected chi connectivity index (χ1v) is 5.94. The van der Waals surface area contributed by atoms with E-state index in [0.29, 0.717) is 6.04 Å². The lowest BCUT2D eigenvalue weighted by atomic mass is 10.1. The molecule has 1 N–H and O–H groups in total. The molecule has 2 unspecified atom stereocenters. The van der Waals surface area contributed by atoms with Crippen molar-refractivity contribution >= 4 is 11.3 Å². The van der Waals surface area contributed by atoms with Gasteiger partial charge in [0.2, 0.25) is 0 Å². The third kappa shape index (κ3) is 3.40. The highest BCUT2D eigenvalue weighted by molar-refractivity contribution is 7.09. The summed E-state index contributed by atoms with van der Waals surface area (Å²) in [5.74, 6) is 0. The van der Waals surface area contributed by atoms with Crippen LogP contribution in [-0.2, 0) is 11.2 Å². The third-order valence-electron chi connectivity index (χ3n) is 2.41. The minimum Gasteiger partial charge on any atom is -0.380 e. The predicted octanol–water partition coefficient (Wildman–Crippen LogP) is 2.30. The molecule has 1 heterocycles. The lowest BCUT2D eigenvalue weighted by Gasteiger charge is -2.23. The molecule has 0 amide bonds. The lowest BCUT2D eigenvalue weighted by molar-refractivity contribution is 0.0839. The van der Waals surface area contributed by atoms with Crippen molar-refractivity contribution in [2.45, 2.75) is 32.4 Å². The molecule has 14 heavy (non-hydrogen) atoms. The molecule has 2 atom stereocenters. The van der Waals surface area contributed by atoms with E-state index in [9.17, 15) is 0 Å². The number of nitrogens with one attached hydrogen (secondary N) is 1. The van der Waals surface area contributed by atoms with Gasteiger partial charge in [-0.1, -0.05) is 13.0 Å². The Morgan fingerprint density at radius 3 is 2.86 bits per heavy atom. The van der Waals surface area contributed by atoms with Gasteiger partial charge in [-0.25, -0.2) is 0 Å². The summed E-state index contributed by atoms with van der Waals surface area (Å²) in [4.78, 5) is 1.42. The Bertz CT molecular complexity index is 235. The molecule has 1 rings (SSSR count). The number of rotatable bonds is 6. The topological polar surface area (TPSA) is 21.3 Å². The standard InChI is InChI=1S/C11H19NOS/c1-4-12-11(9(2)13-3)8-10-6-5-7-14-10/h5-7,9,11-12H,4,8H2,1-3H3. The van der Waals surface area contributed by atoms with Gasteiger partial charge in [0.1, 0.15) is 0 Å². The van der Waals surface area contributed by atoms with Crippen LogP contribution in [0.3, 0.4) is 0 Å². The fourth-order valence-corrected chi connectivity index (χ4v) is 2.24.